The second-order valence-corrected chi connectivity index (χ2v) is 6.13. The van der Waals surface area contributed by atoms with Gasteiger partial charge in [-0.1, -0.05) is 30.4 Å². The molecule has 1 aromatic carbocycles. The summed E-state index contributed by atoms with van der Waals surface area (Å²) in [6.45, 7) is 0.101. The molecule has 2 aliphatic rings. The zero-order valence-corrected chi connectivity index (χ0v) is 14.1. The van der Waals surface area contributed by atoms with Gasteiger partial charge in [0.25, 0.3) is 0 Å². The highest BCUT2D eigenvalue weighted by Gasteiger charge is 2.40. The average Bonchev–Trinajstić information content (AvgIpc) is 3.00. The van der Waals surface area contributed by atoms with E-state index in [1.807, 2.05) is 6.08 Å². The van der Waals surface area contributed by atoms with E-state index in [2.05, 4.69) is 15.3 Å². The summed E-state index contributed by atoms with van der Waals surface area (Å²) < 4.78 is 37.7. The SMILES string of the molecule is O=C1OC(Nc2nc(OCc3ccc(F)cc3)ncc2F)C2CC=CC=C12. The number of anilines is 1. The molecule has 2 unspecified atom stereocenters. The zero-order chi connectivity index (χ0) is 18.8. The molecule has 0 spiro atoms. The van der Waals surface area contributed by atoms with Crippen molar-refractivity contribution in [1.82, 2.24) is 9.97 Å². The first kappa shape index (κ1) is 17.1. The normalized spacial score (nSPS) is 20.7. The molecule has 2 aromatic rings. The zero-order valence-electron chi connectivity index (χ0n) is 14.1. The Kier molecular flexibility index (Phi) is 4.53. The minimum Gasteiger partial charge on any atom is -0.459 e. The highest BCUT2D eigenvalue weighted by Crippen LogP contribution is 2.34. The van der Waals surface area contributed by atoms with Crippen molar-refractivity contribution in [2.24, 2.45) is 5.92 Å². The molecule has 1 aromatic heterocycles. The molecule has 1 fully saturated rings. The number of aromatic nitrogens is 2. The number of rotatable bonds is 5. The van der Waals surface area contributed by atoms with Crippen LogP contribution in [-0.2, 0) is 16.1 Å². The first-order valence-electron chi connectivity index (χ1n) is 8.34. The van der Waals surface area contributed by atoms with Crippen molar-refractivity contribution < 1.29 is 23.0 Å². The van der Waals surface area contributed by atoms with E-state index in [0.29, 0.717) is 17.6 Å². The van der Waals surface area contributed by atoms with Crippen molar-refractivity contribution in [3.63, 3.8) is 0 Å². The van der Waals surface area contributed by atoms with Gasteiger partial charge in [-0.25, -0.2) is 18.6 Å². The molecule has 2 atom stereocenters. The number of hydrogen-bond acceptors (Lipinski definition) is 6. The summed E-state index contributed by atoms with van der Waals surface area (Å²) in [5.41, 5.74) is 1.27. The molecule has 2 heterocycles. The maximum absolute atomic E-state index is 14.1. The van der Waals surface area contributed by atoms with E-state index >= 15 is 0 Å². The fourth-order valence-electron chi connectivity index (χ4n) is 2.93. The Labute approximate surface area is 153 Å². The third kappa shape index (κ3) is 3.64. The Balaban J connectivity index is 1.46. The Hall–Kier alpha value is -3.29. The minimum absolute atomic E-state index is 0.0492. The van der Waals surface area contributed by atoms with Gasteiger partial charge >= 0.3 is 12.0 Å². The lowest BCUT2D eigenvalue weighted by molar-refractivity contribution is -0.138. The highest BCUT2D eigenvalue weighted by atomic mass is 19.1. The topological polar surface area (TPSA) is 73.3 Å². The second kappa shape index (κ2) is 7.14. The molecule has 1 N–H and O–H groups in total. The van der Waals surface area contributed by atoms with Crippen LogP contribution in [0.25, 0.3) is 0 Å². The number of nitrogens with zero attached hydrogens (tertiary/aromatic N) is 2. The number of cyclic esters (lactones) is 1. The number of allylic oxidation sites excluding steroid dienone is 3. The van der Waals surface area contributed by atoms with Gasteiger partial charge in [0, 0.05) is 5.57 Å². The van der Waals surface area contributed by atoms with Crippen LogP contribution in [0.1, 0.15) is 12.0 Å². The number of hydrogen-bond donors (Lipinski definition) is 1. The van der Waals surface area contributed by atoms with Crippen LogP contribution >= 0.6 is 0 Å². The van der Waals surface area contributed by atoms with E-state index in [1.54, 1.807) is 24.3 Å². The van der Waals surface area contributed by atoms with Gasteiger partial charge in [-0.2, -0.15) is 4.98 Å². The molecule has 6 nitrogen and oxygen atoms in total. The highest BCUT2D eigenvalue weighted by molar-refractivity contribution is 5.92. The fraction of sp³-hybridized carbons (Fsp3) is 0.211. The number of halogens is 2. The summed E-state index contributed by atoms with van der Waals surface area (Å²) in [6, 6.07) is 5.72. The van der Waals surface area contributed by atoms with E-state index in [9.17, 15) is 13.6 Å². The van der Waals surface area contributed by atoms with E-state index < -0.39 is 18.0 Å². The Morgan fingerprint density at radius 3 is 2.89 bits per heavy atom. The standard InChI is InChI=1S/C19H15F2N3O3/c20-12-7-5-11(6-8-12)10-26-19-22-9-15(21)16(24-19)23-17-13-3-1-2-4-14(13)18(25)27-17/h1-2,4-9,13,17H,3,10H2,(H,22,23,24). The summed E-state index contributed by atoms with van der Waals surface area (Å²) in [6.07, 6.45) is 6.27. The van der Waals surface area contributed by atoms with Gasteiger partial charge in [-0.05, 0) is 24.1 Å². The molecule has 0 amide bonds. The van der Waals surface area contributed by atoms with Crippen molar-refractivity contribution in [1.29, 1.82) is 0 Å². The van der Waals surface area contributed by atoms with Gasteiger partial charge in [-0.3, -0.25) is 0 Å². The molecular formula is C19H15F2N3O3. The van der Waals surface area contributed by atoms with Crippen LogP contribution in [0.3, 0.4) is 0 Å². The molecule has 0 radical (unpaired) electrons. The van der Waals surface area contributed by atoms with Crippen molar-refractivity contribution in [2.45, 2.75) is 19.3 Å². The summed E-state index contributed by atoms with van der Waals surface area (Å²) >= 11 is 0. The number of ether oxygens (including phenoxy) is 2. The lowest BCUT2D eigenvalue weighted by Gasteiger charge is -2.19. The first-order chi connectivity index (χ1) is 13.1. The van der Waals surface area contributed by atoms with Gasteiger partial charge in [0.1, 0.15) is 12.4 Å². The van der Waals surface area contributed by atoms with Crippen molar-refractivity contribution in [3.8, 4) is 6.01 Å². The predicted octanol–water partition coefficient (Wildman–Crippen LogP) is 3.13. The summed E-state index contributed by atoms with van der Waals surface area (Å²) in [4.78, 5) is 19.7. The Morgan fingerprint density at radius 2 is 2.07 bits per heavy atom. The Bertz CT molecular complexity index is 928. The average molecular weight is 371 g/mol. The Morgan fingerprint density at radius 1 is 1.26 bits per heavy atom. The third-order valence-corrected chi connectivity index (χ3v) is 4.32. The summed E-state index contributed by atoms with van der Waals surface area (Å²) in [7, 11) is 0. The molecule has 1 saturated heterocycles. The van der Waals surface area contributed by atoms with Gasteiger partial charge in [0.05, 0.1) is 12.1 Å². The summed E-state index contributed by atoms with van der Waals surface area (Å²) in [5, 5.41) is 2.81. The van der Waals surface area contributed by atoms with Gasteiger partial charge in [-0.15, -0.1) is 0 Å². The quantitative estimate of drug-likeness (QED) is 0.814. The third-order valence-electron chi connectivity index (χ3n) is 4.32. The number of nitrogens with one attached hydrogen (secondary N) is 1. The number of fused-ring (bicyclic) bond motifs is 1. The van der Waals surface area contributed by atoms with Gasteiger partial charge < -0.3 is 14.8 Å². The van der Waals surface area contributed by atoms with Crippen LogP contribution in [0.2, 0.25) is 0 Å². The monoisotopic (exact) mass is 371 g/mol. The van der Waals surface area contributed by atoms with E-state index in [4.69, 9.17) is 9.47 Å². The summed E-state index contributed by atoms with van der Waals surface area (Å²) in [5.74, 6) is -1.79. The second-order valence-electron chi connectivity index (χ2n) is 6.13. The predicted molar refractivity (Wildman–Crippen MR) is 91.6 cm³/mol. The van der Waals surface area contributed by atoms with Crippen molar-refractivity contribution >= 4 is 11.8 Å². The lowest BCUT2D eigenvalue weighted by Crippen LogP contribution is -2.27. The van der Waals surface area contributed by atoms with Crippen molar-refractivity contribution in [2.75, 3.05) is 5.32 Å². The smallest absolute Gasteiger partial charge is 0.336 e. The molecule has 138 valence electrons. The van der Waals surface area contributed by atoms with Crippen LogP contribution in [0.5, 0.6) is 6.01 Å². The molecule has 1 aliphatic carbocycles. The molecule has 1 aliphatic heterocycles. The molecule has 0 saturated carbocycles. The van der Waals surface area contributed by atoms with Gasteiger partial charge in [0.15, 0.2) is 17.9 Å². The number of carbonyl (C=O) groups excluding carboxylic acids is 1. The van der Waals surface area contributed by atoms with Crippen LogP contribution in [0.4, 0.5) is 14.6 Å². The van der Waals surface area contributed by atoms with E-state index in [1.165, 1.54) is 12.1 Å². The van der Waals surface area contributed by atoms with Crippen molar-refractivity contribution in [3.05, 3.63) is 71.5 Å². The van der Waals surface area contributed by atoms with E-state index in [0.717, 1.165) is 6.20 Å². The molecule has 4 rings (SSSR count). The molecular weight excluding hydrogens is 356 g/mol. The molecule has 8 heteroatoms. The van der Waals surface area contributed by atoms with Gasteiger partial charge in [0.2, 0.25) is 0 Å². The maximum Gasteiger partial charge on any atom is 0.336 e. The number of benzene rings is 1. The van der Waals surface area contributed by atoms with Crippen LogP contribution in [0, 0.1) is 17.6 Å². The van der Waals surface area contributed by atoms with Crippen LogP contribution < -0.4 is 10.1 Å². The maximum atomic E-state index is 14.1. The minimum atomic E-state index is -0.719. The lowest BCUT2D eigenvalue weighted by atomic mass is 9.92. The number of esters is 1. The van der Waals surface area contributed by atoms with E-state index in [-0.39, 0.29) is 30.2 Å². The first-order valence-corrected chi connectivity index (χ1v) is 8.34. The molecule has 0 bridgehead atoms. The van der Waals surface area contributed by atoms with Crippen LogP contribution in [0.15, 0.2) is 54.3 Å². The number of carbonyl (C=O) groups is 1. The molecule has 27 heavy (non-hydrogen) atoms. The van der Waals surface area contributed by atoms with Crippen LogP contribution in [-0.4, -0.2) is 22.2 Å². The largest absolute Gasteiger partial charge is 0.459 e. The fourth-order valence-corrected chi connectivity index (χ4v) is 2.93.